The van der Waals surface area contributed by atoms with E-state index in [4.69, 9.17) is 22.3 Å². The van der Waals surface area contributed by atoms with E-state index in [2.05, 4.69) is 4.99 Å². The largest absolute Gasteiger partial charge is 0.229 e. The molecule has 0 saturated heterocycles. The van der Waals surface area contributed by atoms with Gasteiger partial charge >= 0.3 is 0 Å². The van der Waals surface area contributed by atoms with Gasteiger partial charge in [-0.2, -0.15) is 0 Å². The third-order valence-electron chi connectivity index (χ3n) is 1.31. The van der Waals surface area contributed by atoms with Crippen LogP contribution in [-0.4, -0.2) is 4.50 Å². The molecule has 0 spiro atoms. The number of rotatable bonds is 1. The van der Waals surface area contributed by atoms with Gasteiger partial charge in [0.25, 0.3) is 0 Å². The van der Waals surface area contributed by atoms with Gasteiger partial charge in [0.05, 0.1) is 5.69 Å². The highest BCUT2D eigenvalue weighted by atomic mass is 35.7. The SMILES string of the molecule is Cc1ccc(N=C(Cl)SCl)cc1. The Kier molecular flexibility index (Phi) is 3.92. The molecule has 1 aromatic carbocycles. The van der Waals surface area contributed by atoms with Crippen LogP contribution >= 0.6 is 33.3 Å². The number of hydrogen-bond acceptors (Lipinski definition) is 2. The molecule has 0 radical (unpaired) electrons. The molecule has 4 heteroatoms. The standard InChI is InChI=1S/C8H7Cl2NS/c1-6-2-4-7(5-3-6)11-8(9)12-10/h2-5H,1H3. The first kappa shape index (κ1) is 9.90. The monoisotopic (exact) mass is 219 g/mol. The zero-order valence-electron chi connectivity index (χ0n) is 6.42. The summed E-state index contributed by atoms with van der Waals surface area (Å²) in [6, 6.07) is 7.74. The van der Waals surface area contributed by atoms with E-state index in [0.29, 0.717) is 4.50 Å². The number of benzene rings is 1. The van der Waals surface area contributed by atoms with Crippen molar-refractivity contribution in [3.05, 3.63) is 29.8 Å². The van der Waals surface area contributed by atoms with Crippen LogP contribution in [0.3, 0.4) is 0 Å². The Balaban J connectivity index is 2.84. The summed E-state index contributed by atoms with van der Waals surface area (Å²) >= 11 is 5.62. The van der Waals surface area contributed by atoms with E-state index in [0.717, 1.165) is 16.7 Å². The van der Waals surface area contributed by atoms with Crippen molar-refractivity contribution >= 4 is 43.4 Å². The molecule has 0 aliphatic carbocycles. The van der Waals surface area contributed by atoms with E-state index in [1.807, 2.05) is 31.2 Å². The van der Waals surface area contributed by atoms with Crippen molar-refractivity contribution < 1.29 is 0 Å². The minimum absolute atomic E-state index is 0.334. The van der Waals surface area contributed by atoms with Gasteiger partial charge in [0, 0.05) is 11.0 Å². The molecule has 0 aliphatic rings. The Morgan fingerprint density at radius 1 is 1.33 bits per heavy atom. The van der Waals surface area contributed by atoms with Gasteiger partial charge in [-0.15, -0.1) is 0 Å². The van der Waals surface area contributed by atoms with E-state index in [9.17, 15) is 0 Å². The normalized spacial score (nSPS) is 11.8. The van der Waals surface area contributed by atoms with Crippen molar-refractivity contribution in [3.8, 4) is 0 Å². The molecule has 0 aliphatic heterocycles. The number of aryl methyl sites for hydroxylation is 1. The molecule has 1 rings (SSSR count). The van der Waals surface area contributed by atoms with Crippen LogP contribution in [0.4, 0.5) is 5.69 Å². The molecular formula is C8H7Cl2NS. The zero-order chi connectivity index (χ0) is 8.97. The number of aliphatic imine (C=N–C) groups is 1. The number of hydrogen-bond donors (Lipinski definition) is 0. The second kappa shape index (κ2) is 4.75. The summed E-state index contributed by atoms with van der Waals surface area (Å²) in [6.45, 7) is 2.02. The molecule has 1 aromatic rings. The van der Waals surface area contributed by atoms with Gasteiger partial charge < -0.3 is 0 Å². The first-order valence-corrected chi connectivity index (χ1v) is 5.34. The van der Waals surface area contributed by atoms with Crippen molar-refractivity contribution in [1.82, 2.24) is 0 Å². The maximum absolute atomic E-state index is 5.62. The summed E-state index contributed by atoms with van der Waals surface area (Å²) in [6.07, 6.45) is 0. The average molecular weight is 220 g/mol. The molecule has 0 atom stereocenters. The maximum atomic E-state index is 5.62. The highest BCUT2D eigenvalue weighted by molar-refractivity contribution is 8.34. The predicted molar refractivity (Wildman–Crippen MR) is 57.6 cm³/mol. The fraction of sp³-hybridized carbons (Fsp3) is 0.125. The molecule has 0 fully saturated rings. The lowest BCUT2D eigenvalue weighted by Crippen LogP contribution is -1.73. The Labute approximate surface area is 85.3 Å². The summed E-state index contributed by atoms with van der Waals surface area (Å²) in [7, 11) is 6.30. The number of nitrogens with zero attached hydrogens (tertiary/aromatic N) is 1. The molecule has 0 aromatic heterocycles. The lowest BCUT2D eigenvalue weighted by Gasteiger charge is -1.94. The quantitative estimate of drug-likeness (QED) is 0.512. The van der Waals surface area contributed by atoms with Crippen LogP contribution in [-0.2, 0) is 0 Å². The van der Waals surface area contributed by atoms with Crippen molar-refractivity contribution in [2.24, 2.45) is 4.99 Å². The van der Waals surface area contributed by atoms with E-state index in [-0.39, 0.29) is 0 Å². The lowest BCUT2D eigenvalue weighted by atomic mass is 10.2. The zero-order valence-corrected chi connectivity index (χ0v) is 8.75. The van der Waals surface area contributed by atoms with Gasteiger partial charge in [-0.3, -0.25) is 0 Å². The van der Waals surface area contributed by atoms with Crippen LogP contribution in [0.15, 0.2) is 29.3 Å². The van der Waals surface area contributed by atoms with Gasteiger partial charge in [-0.1, -0.05) is 29.3 Å². The van der Waals surface area contributed by atoms with E-state index >= 15 is 0 Å². The fourth-order valence-corrected chi connectivity index (χ4v) is 1.08. The maximum Gasteiger partial charge on any atom is 0.178 e. The summed E-state index contributed by atoms with van der Waals surface area (Å²) < 4.78 is 0.334. The van der Waals surface area contributed by atoms with Crippen LogP contribution in [0.25, 0.3) is 0 Å². The van der Waals surface area contributed by atoms with Crippen molar-refractivity contribution in [2.45, 2.75) is 6.92 Å². The summed E-state index contributed by atoms with van der Waals surface area (Å²) in [4.78, 5) is 4.03. The number of halogens is 2. The first-order valence-electron chi connectivity index (χ1n) is 3.32. The topological polar surface area (TPSA) is 12.4 Å². The second-order valence-electron chi connectivity index (χ2n) is 2.28. The smallest absolute Gasteiger partial charge is 0.178 e. The van der Waals surface area contributed by atoms with Gasteiger partial charge in [0.1, 0.15) is 0 Å². The molecule has 64 valence electrons. The van der Waals surface area contributed by atoms with E-state index in [1.165, 1.54) is 5.56 Å². The molecule has 0 N–H and O–H groups in total. The molecule has 0 bridgehead atoms. The fourth-order valence-electron chi connectivity index (χ4n) is 0.738. The van der Waals surface area contributed by atoms with Crippen molar-refractivity contribution in [1.29, 1.82) is 0 Å². The van der Waals surface area contributed by atoms with Gasteiger partial charge in [-0.25, -0.2) is 4.99 Å². The lowest BCUT2D eigenvalue weighted by molar-refractivity contribution is 1.44. The van der Waals surface area contributed by atoms with Crippen molar-refractivity contribution in [3.63, 3.8) is 0 Å². The molecular weight excluding hydrogens is 213 g/mol. The van der Waals surface area contributed by atoms with Gasteiger partial charge in [0.2, 0.25) is 0 Å². The molecule has 0 amide bonds. The Bertz CT molecular complexity index is 282. The van der Waals surface area contributed by atoms with Crippen LogP contribution in [0.1, 0.15) is 5.56 Å². The van der Waals surface area contributed by atoms with E-state index < -0.39 is 0 Å². The van der Waals surface area contributed by atoms with Crippen LogP contribution < -0.4 is 0 Å². The van der Waals surface area contributed by atoms with Crippen LogP contribution in [0.5, 0.6) is 0 Å². The summed E-state index contributed by atoms with van der Waals surface area (Å²) in [5.74, 6) is 0. The minimum Gasteiger partial charge on any atom is -0.229 e. The Morgan fingerprint density at radius 2 is 1.92 bits per heavy atom. The summed E-state index contributed by atoms with van der Waals surface area (Å²) in [5, 5.41) is 0. The molecule has 12 heavy (non-hydrogen) atoms. The molecule has 0 unspecified atom stereocenters. The second-order valence-corrected chi connectivity index (χ2v) is 3.86. The Hall–Kier alpha value is -0.180. The van der Waals surface area contributed by atoms with Crippen LogP contribution in [0.2, 0.25) is 0 Å². The molecule has 1 nitrogen and oxygen atoms in total. The highest BCUT2D eigenvalue weighted by Crippen LogP contribution is 2.19. The summed E-state index contributed by atoms with van der Waals surface area (Å²) in [5.41, 5.74) is 2.02. The van der Waals surface area contributed by atoms with E-state index in [1.54, 1.807) is 0 Å². The molecule has 0 heterocycles. The third kappa shape index (κ3) is 3.05. The van der Waals surface area contributed by atoms with Crippen molar-refractivity contribution in [2.75, 3.05) is 0 Å². The van der Waals surface area contributed by atoms with Gasteiger partial charge in [-0.05, 0) is 29.7 Å². The van der Waals surface area contributed by atoms with Gasteiger partial charge in [0.15, 0.2) is 4.50 Å². The third-order valence-corrected chi connectivity index (χ3v) is 2.52. The average Bonchev–Trinajstić information content (AvgIpc) is 2.09. The Morgan fingerprint density at radius 3 is 2.42 bits per heavy atom. The molecule has 0 saturated carbocycles. The van der Waals surface area contributed by atoms with Crippen LogP contribution in [0, 0.1) is 6.92 Å². The predicted octanol–water partition coefficient (Wildman–Crippen LogP) is 4.11. The highest BCUT2D eigenvalue weighted by Gasteiger charge is 1.93. The minimum atomic E-state index is 0.334. The first-order chi connectivity index (χ1) is 5.72.